The second-order valence-electron chi connectivity index (χ2n) is 4.43. The van der Waals surface area contributed by atoms with E-state index in [0.717, 1.165) is 24.8 Å². The van der Waals surface area contributed by atoms with Gasteiger partial charge in [0.2, 0.25) is 0 Å². The summed E-state index contributed by atoms with van der Waals surface area (Å²) < 4.78 is 5.55. The van der Waals surface area contributed by atoms with E-state index in [2.05, 4.69) is 22.1 Å². The average molecular weight is 223 g/mol. The topological polar surface area (TPSA) is 41.3 Å². The highest BCUT2D eigenvalue weighted by molar-refractivity contribution is 5.31. The molecule has 0 aliphatic heterocycles. The summed E-state index contributed by atoms with van der Waals surface area (Å²) in [5.41, 5.74) is 0.986. The molecule has 4 nitrogen and oxygen atoms in total. The molecule has 1 heterocycles. The molecule has 0 bridgehead atoms. The molecule has 1 aromatic heterocycles. The van der Waals surface area contributed by atoms with Crippen LogP contribution in [0.1, 0.15) is 38.3 Å². The van der Waals surface area contributed by atoms with E-state index >= 15 is 0 Å². The van der Waals surface area contributed by atoms with E-state index in [1.165, 1.54) is 25.7 Å². The van der Waals surface area contributed by atoms with Gasteiger partial charge in [-0.15, -0.1) is 0 Å². The van der Waals surface area contributed by atoms with Gasteiger partial charge in [-0.2, -0.15) is 4.98 Å². The van der Waals surface area contributed by atoms with Crippen LogP contribution in [-0.4, -0.2) is 24.6 Å². The number of aromatic nitrogens is 1. The highest BCUT2D eigenvalue weighted by Crippen LogP contribution is 2.31. The summed E-state index contributed by atoms with van der Waals surface area (Å²) in [4.78, 5) is 6.83. The lowest BCUT2D eigenvalue weighted by Gasteiger charge is -2.19. The van der Waals surface area contributed by atoms with Gasteiger partial charge >= 0.3 is 0 Å². The molecule has 1 aromatic rings. The molecule has 0 aromatic carbocycles. The molecule has 0 atom stereocenters. The molecule has 0 spiro atoms. The van der Waals surface area contributed by atoms with E-state index in [1.54, 1.807) is 6.26 Å². The van der Waals surface area contributed by atoms with E-state index in [0.29, 0.717) is 6.04 Å². The third-order valence-electron chi connectivity index (χ3n) is 2.88. The van der Waals surface area contributed by atoms with Crippen LogP contribution in [0.4, 0.5) is 6.01 Å². The summed E-state index contributed by atoms with van der Waals surface area (Å²) in [7, 11) is 1.92. The van der Waals surface area contributed by atoms with Crippen LogP contribution in [0.2, 0.25) is 0 Å². The van der Waals surface area contributed by atoms with Gasteiger partial charge in [0, 0.05) is 19.1 Å². The van der Waals surface area contributed by atoms with Gasteiger partial charge in [-0.05, 0) is 26.3 Å². The van der Waals surface area contributed by atoms with Crippen LogP contribution in [-0.2, 0) is 6.54 Å². The van der Waals surface area contributed by atoms with Crippen molar-refractivity contribution in [3.63, 3.8) is 0 Å². The van der Waals surface area contributed by atoms with E-state index < -0.39 is 0 Å². The average Bonchev–Trinajstić information content (AvgIpc) is 3.01. The van der Waals surface area contributed by atoms with Crippen molar-refractivity contribution in [2.75, 3.05) is 18.5 Å². The molecule has 0 saturated heterocycles. The van der Waals surface area contributed by atoms with Gasteiger partial charge in [-0.25, -0.2) is 0 Å². The molecule has 1 N–H and O–H groups in total. The fraction of sp³-hybridized carbons (Fsp3) is 0.750. The van der Waals surface area contributed by atoms with Crippen molar-refractivity contribution in [2.45, 2.75) is 45.2 Å². The fourth-order valence-electron chi connectivity index (χ4n) is 1.84. The summed E-state index contributed by atoms with van der Waals surface area (Å²) in [6.07, 6.45) is 6.75. The second-order valence-corrected chi connectivity index (χ2v) is 4.43. The number of hydrogen-bond acceptors (Lipinski definition) is 4. The first-order chi connectivity index (χ1) is 7.85. The lowest BCUT2D eigenvalue weighted by molar-refractivity contribution is 0.524. The molecule has 0 radical (unpaired) electrons. The largest absolute Gasteiger partial charge is 0.432 e. The monoisotopic (exact) mass is 223 g/mol. The molecule has 0 unspecified atom stereocenters. The van der Waals surface area contributed by atoms with Crippen molar-refractivity contribution < 1.29 is 4.42 Å². The van der Waals surface area contributed by atoms with E-state index in [9.17, 15) is 0 Å². The predicted octanol–water partition coefficient (Wildman–Crippen LogP) is 2.16. The minimum atomic E-state index is 0.674. The quantitative estimate of drug-likeness (QED) is 0.769. The van der Waals surface area contributed by atoms with E-state index in [4.69, 9.17) is 4.42 Å². The number of oxazole rings is 1. The Labute approximate surface area is 97.0 Å². The summed E-state index contributed by atoms with van der Waals surface area (Å²) >= 11 is 0. The Morgan fingerprint density at radius 2 is 2.38 bits per heavy atom. The van der Waals surface area contributed by atoms with Crippen LogP contribution >= 0.6 is 0 Å². The molecule has 1 saturated carbocycles. The summed E-state index contributed by atoms with van der Waals surface area (Å²) in [5.74, 6) is 0. The van der Waals surface area contributed by atoms with Crippen molar-refractivity contribution in [3.05, 3.63) is 12.0 Å². The Bertz CT molecular complexity index is 320. The molecule has 16 heavy (non-hydrogen) atoms. The molecular weight excluding hydrogens is 202 g/mol. The van der Waals surface area contributed by atoms with Gasteiger partial charge in [-0.3, -0.25) is 0 Å². The van der Waals surface area contributed by atoms with Crippen LogP contribution < -0.4 is 10.2 Å². The summed E-state index contributed by atoms with van der Waals surface area (Å²) in [6, 6.07) is 1.48. The highest BCUT2D eigenvalue weighted by atomic mass is 16.4. The smallest absolute Gasteiger partial charge is 0.297 e. The molecule has 4 heteroatoms. The highest BCUT2D eigenvalue weighted by Gasteiger charge is 2.31. The van der Waals surface area contributed by atoms with Crippen molar-refractivity contribution in [1.29, 1.82) is 0 Å². The fourth-order valence-corrected chi connectivity index (χ4v) is 1.84. The Balaban J connectivity index is 1.99. The Morgan fingerprint density at radius 1 is 1.56 bits per heavy atom. The number of rotatable bonds is 7. The Morgan fingerprint density at radius 3 is 3.00 bits per heavy atom. The van der Waals surface area contributed by atoms with Gasteiger partial charge in [0.25, 0.3) is 6.01 Å². The SMILES string of the molecule is CCCCN(c1nc(CNC)co1)C1CC1. The minimum absolute atomic E-state index is 0.674. The maximum absolute atomic E-state index is 5.55. The van der Waals surface area contributed by atoms with Crippen LogP contribution in [0, 0.1) is 0 Å². The van der Waals surface area contributed by atoms with Crippen molar-refractivity contribution in [1.82, 2.24) is 10.3 Å². The third-order valence-corrected chi connectivity index (χ3v) is 2.88. The summed E-state index contributed by atoms with van der Waals surface area (Å²) in [6.45, 7) is 4.06. The van der Waals surface area contributed by atoms with Crippen LogP contribution in [0.5, 0.6) is 0 Å². The minimum Gasteiger partial charge on any atom is -0.432 e. The lowest BCUT2D eigenvalue weighted by atomic mass is 10.3. The lowest BCUT2D eigenvalue weighted by Crippen LogP contribution is -2.27. The maximum Gasteiger partial charge on any atom is 0.297 e. The zero-order chi connectivity index (χ0) is 11.4. The van der Waals surface area contributed by atoms with Gasteiger partial charge in [-0.1, -0.05) is 13.3 Å². The molecule has 1 aliphatic rings. The number of hydrogen-bond donors (Lipinski definition) is 1. The van der Waals surface area contributed by atoms with Gasteiger partial charge in [0.1, 0.15) is 6.26 Å². The molecular formula is C12H21N3O. The third kappa shape index (κ3) is 2.76. The van der Waals surface area contributed by atoms with Crippen LogP contribution in [0.25, 0.3) is 0 Å². The van der Waals surface area contributed by atoms with Crippen LogP contribution in [0.3, 0.4) is 0 Å². The molecule has 90 valence electrons. The number of nitrogens with one attached hydrogen (secondary N) is 1. The normalized spacial score (nSPS) is 15.4. The number of anilines is 1. The van der Waals surface area contributed by atoms with Crippen LogP contribution in [0.15, 0.2) is 10.7 Å². The van der Waals surface area contributed by atoms with Crippen molar-refractivity contribution >= 4 is 6.01 Å². The first-order valence-electron chi connectivity index (χ1n) is 6.20. The van der Waals surface area contributed by atoms with E-state index in [1.807, 2.05) is 7.05 Å². The molecule has 2 rings (SSSR count). The zero-order valence-corrected chi connectivity index (χ0v) is 10.2. The maximum atomic E-state index is 5.55. The first-order valence-corrected chi connectivity index (χ1v) is 6.20. The van der Waals surface area contributed by atoms with Gasteiger partial charge in [0.05, 0.1) is 5.69 Å². The molecule has 1 fully saturated rings. The Hall–Kier alpha value is -1.03. The first kappa shape index (κ1) is 11.5. The van der Waals surface area contributed by atoms with Gasteiger partial charge in [0.15, 0.2) is 0 Å². The van der Waals surface area contributed by atoms with Gasteiger partial charge < -0.3 is 14.6 Å². The standard InChI is InChI=1S/C12H21N3O/c1-3-4-7-15(11-5-6-11)12-14-10(8-13-2)9-16-12/h9,11,13H,3-8H2,1-2H3. The summed E-state index contributed by atoms with van der Waals surface area (Å²) in [5, 5.41) is 3.08. The Kier molecular flexibility index (Phi) is 3.83. The predicted molar refractivity (Wildman–Crippen MR) is 64.5 cm³/mol. The molecule has 1 aliphatic carbocycles. The second kappa shape index (κ2) is 5.34. The van der Waals surface area contributed by atoms with Crippen molar-refractivity contribution in [2.24, 2.45) is 0 Å². The zero-order valence-electron chi connectivity index (χ0n) is 10.2. The van der Waals surface area contributed by atoms with Crippen molar-refractivity contribution in [3.8, 4) is 0 Å². The van der Waals surface area contributed by atoms with E-state index in [-0.39, 0.29) is 0 Å². The molecule has 0 amide bonds. The number of nitrogens with zero attached hydrogens (tertiary/aromatic N) is 2. The number of unbranched alkanes of at least 4 members (excludes halogenated alkanes) is 1.